The van der Waals surface area contributed by atoms with Crippen LogP contribution in [0.25, 0.3) is 33.0 Å². The zero-order valence-corrected chi connectivity index (χ0v) is 29.0. The van der Waals surface area contributed by atoms with E-state index in [9.17, 15) is 0 Å². The molecule has 0 saturated heterocycles. The Hall–Kier alpha value is -4.40. The molecule has 6 aromatic rings. The Labute approximate surface area is 275 Å². The monoisotopic (exact) mass is 613 g/mol. The highest BCUT2D eigenvalue weighted by Crippen LogP contribution is 2.53. The number of anilines is 3. The van der Waals surface area contributed by atoms with Crippen molar-refractivity contribution in [3.8, 4) is 22.3 Å². The predicted octanol–water partition coefficient (Wildman–Crippen LogP) is 11.1. The molecule has 0 aromatic heterocycles. The summed E-state index contributed by atoms with van der Waals surface area (Å²) in [6.07, 6.45) is 2.37. The molecule has 46 heavy (non-hydrogen) atoms. The van der Waals surface area contributed by atoms with Crippen LogP contribution in [0.1, 0.15) is 51.7 Å². The van der Waals surface area contributed by atoms with E-state index in [1.54, 1.807) is 5.19 Å². The molecule has 0 saturated carbocycles. The molecule has 6 aromatic carbocycles. The van der Waals surface area contributed by atoms with Crippen molar-refractivity contribution >= 4 is 46.3 Å². The normalized spacial score (nSPS) is 16.8. The number of hydrogen-bond acceptors (Lipinski definition) is 1. The van der Waals surface area contributed by atoms with Crippen LogP contribution in [-0.2, 0) is 10.8 Å². The van der Waals surface area contributed by atoms with Gasteiger partial charge in [0, 0.05) is 11.3 Å². The average Bonchev–Trinajstić information content (AvgIpc) is 3.30. The minimum absolute atomic E-state index is 0.0620. The van der Waals surface area contributed by atoms with Gasteiger partial charge in [-0.2, -0.15) is 0 Å². The number of fused-ring (bicyclic) bond motifs is 5. The summed E-state index contributed by atoms with van der Waals surface area (Å²) in [6, 6.07) is 48.0. The molecule has 8 rings (SSSR count). The zero-order valence-electron chi connectivity index (χ0n) is 28.0. The number of rotatable bonds is 4. The molecule has 1 nitrogen and oxygen atoms in total. The van der Waals surface area contributed by atoms with Crippen molar-refractivity contribution in [1.82, 2.24) is 0 Å². The highest BCUT2D eigenvalue weighted by Gasteiger charge is 2.42. The van der Waals surface area contributed by atoms with Crippen molar-refractivity contribution in [3.63, 3.8) is 0 Å². The molecule has 0 fully saturated rings. The van der Waals surface area contributed by atoms with E-state index in [-0.39, 0.29) is 10.8 Å². The lowest BCUT2D eigenvalue weighted by Crippen LogP contribution is -2.49. The Morgan fingerprint density at radius 1 is 0.543 bits per heavy atom. The first-order chi connectivity index (χ1) is 22.1. The molecular formula is C44H43NSi. The first-order valence-electron chi connectivity index (χ1n) is 16.8. The quantitative estimate of drug-likeness (QED) is 0.179. The fourth-order valence-electron chi connectivity index (χ4n) is 8.48. The van der Waals surface area contributed by atoms with Crippen LogP contribution in [0.3, 0.4) is 0 Å². The van der Waals surface area contributed by atoms with Crippen LogP contribution < -0.4 is 15.3 Å². The van der Waals surface area contributed by atoms with E-state index in [1.165, 1.54) is 79.2 Å². The van der Waals surface area contributed by atoms with Crippen molar-refractivity contribution in [2.75, 3.05) is 4.90 Å². The van der Waals surface area contributed by atoms with Gasteiger partial charge in [0.2, 0.25) is 0 Å². The van der Waals surface area contributed by atoms with Gasteiger partial charge in [-0.05, 0) is 96.9 Å². The van der Waals surface area contributed by atoms with E-state index < -0.39 is 8.07 Å². The van der Waals surface area contributed by atoms with Gasteiger partial charge in [0.15, 0.2) is 0 Å². The average molecular weight is 614 g/mol. The lowest BCUT2D eigenvalue weighted by atomic mass is 9.62. The first-order valence-corrected chi connectivity index (χ1v) is 19.8. The predicted molar refractivity (Wildman–Crippen MR) is 202 cm³/mol. The number of hydrogen-bond donors (Lipinski definition) is 0. The Morgan fingerprint density at radius 3 is 1.98 bits per heavy atom. The van der Waals surface area contributed by atoms with Gasteiger partial charge in [0.25, 0.3) is 0 Å². The Balaban J connectivity index is 1.39. The van der Waals surface area contributed by atoms with Gasteiger partial charge < -0.3 is 4.90 Å². The number of benzene rings is 6. The molecule has 0 amide bonds. The highest BCUT2D eigenvalue weighted by atomic mass is 28.3. The molecule has 0 radical (unpaired) electrons. The van der Waals surface area contributed by atoms with E-state index in [0.29, 0.717) is 0 Å². The molecule has 0 atom stereocenters. The van der Waals surface area contributed by atoms with Gasteiger partial charge in [-0.25, -0.2) is 0 Å². The second-order valence-electron chi connectivity index (χ2n) is 15.2. The number of nitrogens with zero attached hydrogens (tertiary/aromatic N) is 1. The van der Waals surface area contributed by atoms with E-state index in [2.05, 4.69) is 173 Å². The van der Waals surface area contributed by atoms with Crippen LogP contribution in [-0.4, -0.2) is 8.07 Å². The lowest BCUT2D eigenvalue weighted by Gasteiger charge is -2.44. The molecule has 2 heteroatoms. The largest absolute Gasteiger partial charge is 0.310 e. The van der Waals surface area contributed by atoms with E-state index in [4.69, 9.17) is 0 Å². The van der Waals surface area contributed by atoms with Gasteiger partial charge in [-0.3, -0.25) is 0 Å². The minimum atomic E-state index is -1.85. The molecule has 1 aliphatic carbocycles. The summed E-state index contributed by atoms with van der Waals surface area (Å²) in [5, 5.41) is 5.64. The van der Waals surface area contributed by atoms with Gasteiger partial charge in [-0.1, -0.05) is 144 Å². The van der Waals surface area contributed by atoms with Gasteiger partial charge in [0.05, 0.1) is 11.4 Å². The van der Waals surface area contributed by atoms with Gasteiger partial charge in [0.1, 0.15) is 8.07 Å². The minimum Gasteiger partial charge on any atom is -0.310 e. The van der Waals surface area contributed by atoms with E-state index >= 15 is 0 Å². The Bertz CT molecular complexity index is 2130. The molecule has 1 aliphatic heterocycles. The summed E-state index contributed by atoms with van der Waals surface area (Å²) in [5.74, 6) is 0. The van der Waals surface area contributed by atoms with Crippen molar-refractivity contribution in [2.24, 2.45) is 0 Å². The molecular weight excluding hydrogens is 571 g/mol. The van der Waals surface area contributed by atoms with Crippen LogP contribution in [0.4, 0.5) is 17.1 Å². The highest BCUT2D eigenvalue weighted by molar-refractivity contribution is 7.04. The SMILES string of the molecule is CC1(C)CCC(C)(C)c2c(N(c3ccc(-c4cccc5ccccc45)cc3)c3cccc4c3-c3ccccc3[Si]4(C)C)cccc21. The first kappa shape index (κ1) is 29.0. The third-order valence-corrected chi connectivity index (χ3v) is 14.7. The van der Waals surface area contributed by atoms with Crippen molar-refractivity contribution < 1.29 is 0 Å². The third kappa shape index (κ3) is 4.34. The summed E-state index contributed by atoms with van der Waals surface area (Å²) in [4.78, 5) is 2.60. The second kappa shape index (κ2) is 10.3. The molecule has 228 valence electrons. The van der Waals surface area contributed by atoms with Crippen molar-refractivity contribution in [2.45, 2.75) is 64.5 Å². The molecule has 1 heterocycles. The molecule has 0 bridgehead atoms. The van der Waals surface area contributed by atoms with Crippen LogP contribution >= 0.6 is 0 Å². The Morgan fingerprint density at radius 2 is 1.15 bits per heavy atom. The van der Waals surface area contributed by atoms with E-state index in [0.717, 1.165) is 0 Å². The van der Waals surface area contributed by atoms with Gasteiger partial charge in [-0.15, -0.1) is 0 Å². The summed E-state index contributed by atoms with van der Waals surface area (Å²) in [6.45, 7) is 14.8. The topological polar surface area (TPSA) is 3.24 Å². The molecule has 2 aliphatic rings. The Kier molecular flexibility index (Phi) is 6.50. The maximum atomic E-state index is 2.60. The lowest BCUT2D eigenvalue weighted by molar-refractivity contribution is 0.332. The molecule has 0 N–H and O–H groups in total. The van der Waals surface area contributed by atoms with E-state index in [1.807, 2.05) is 0 Å². The fourth-order valence-corrected chi connectivity index (χ4v) is 11.6. The van der Waals surface area contributed by atoms with Crippen molar-refractivity contribution in [1.29, 1.82) is 0 Å². The summed E-state index contributed by atoms with van der Waals surface area (Å²) in [7, 11) is -1.85. The van der Waals surface area contributed by atoms with Crippen LogP contribution in [0.5, 0.6) is 0 Å². The fraction of sp³-hybridized carbons (Fsp3) is 0.227. The third-order valence-electron chi connectivity index (χ3n) is 11.1. The van der Waals surface area contributed by atoms with Crippen LogP contribution in [0.2, 0.25) is 13.1 Å². The standard InChI is InChI=1S/C44H43NSi/c1-43(2)28-29-44(3,4)42-36(43)19-12-21-38(42)45(37-20-13-23-40-41(37)35-17-9-10-22-39(35)46(40,5)6)32-26-24-31(25-27-32)34-18-11-15-30-14-7-8-16-33(30)34/h7-27H,28-29H2,1-6H3. The summed E-state index contributed by atoms with van der Waals surface area (Å²) in [5.41, 5.74) is 12.3. The maximum Gasteiger partial charge on any atom is 0.113 e. The molecule has 0 unspecified atom stereocenters. The second-order valence-corrected chi connectivity index (χ2v) is 19.6. The van der Waals surface area contributed by atoms with Crippen LogP contribution in [0, 0.1) is 0 Å². The van der Waals surface area contributed by atoms with Gasteiger partial charge >= 0.3 is 0 Å². The maximum absolute atomic E-state index is 2.60. The summed E-state index contributed by atoms with van der Waals surface area (Å²) < 4.78 is 0. The smallest absolute Gasteiger partial charge is 0.113 e. The van der Waals surface area contributed by atoms with Crippen LogP contribution in [0.15, 0.2) is 127 Å². The van der Waals surface area contributed by atoms with Crippen molar-refractivity contribution in [3.05, 3.63) is 139 Å². The molecule has 0 spiro atoms. The summed E-state index contributed by atoms with van der Waals surface area (Å²) >= 11 is 0. The zero-order chi connectivity index (χ0) is 31.8.